The maximum absolute atomic E-state index is 14.3. The molecule has 1 aromatic rings. The van der Waals surface area contributed by atoms with Gasteiger partial charge in [0.1, 0.15) is 17.7 Å². The van der Waals surface area contributed by atoms with E-state index in [9.17, 15) is 19.2 Å². The van der Waals surface area contributed by atoms with E-state index in [1.54, 1.807) is 25.7 Å². The van der Waals surface area contributed by atoms with E-state index in [0.29, 0.717) is 18.5 Å². The summed E-state index contributed by atoms with van der Waals surface area (Å²) < 4.78 is 5.42. The average molecular weight is 575 g/mol. The largest absolute Gasteiger partial charge is 0.444 e. The van der Waals surface area contributed by atoms with Crippen LogP contribution in [0.25, 0.3) is 0 Å². The minimum Gasteiger partial charge on any atom is -0.444 e. The second-order valence-corrected chi connectivity index (χ2v) is 12.2. The summed E-state index contributed by atoms with van der Waals surface area (Å²) in [5.74, 6) is -1.31. The van der Waals surface area contributed by atoms with Crippen molar-refractivity contribution >= 4 is 23.8 Å². The van der Waals surface area contributed by atoms with E-state index in [-0.39, 0.29) is 24.8 Å². The number of hydrogen-bond acceptors (Lipinski definition) is 5. The van der Waals surface area contributed by atoms with E-state index in [1.807, 2.05) is 39.0 Å². The quantitative estimate of drug-likeness (QED) is 0.208. The van der Waals surface area contributed by atoms with Crippen LogP contribution in [0.5, 0.6) is 0 Å². The number of carbonyl (C=O) groups is 4. The number of nitrogens with zero attached hydrogens (tertiary/aromatic N) is 1. The lowest BCUT2D eigenvalue weighted by molar-refractivity contribution is -0.143. The van der Waals surface area contributed by atoms with Gasteiger partial charge in [-0.1, -0.05) is 75.3 Å². The van der Waals surface area contributed by atoms with Crippen molar-refractivity contribution in [3.8, 4) is 0 Å². The molecule has 0 saturated heterocycles. The summed E-state index contributed by atoms with van der Waals surface area (Å²) in [6.45, 7) is 15.6. The molecular weight excluding hydrogens is 520 g/mol. The molecule has 41 heavy (non-hydrogen) atoms. The standard InChI is InChI=1S/C32H54N4O5/c1-9-11-12-13-14-18-36(30(39)26(16-17-27(33)37)35-31(40)41-32(6,7)8)28(29(38)34-24(5)15-10-2)25-20-22(3)19-23(4)21-25/h19-21,24,26,28H,9-18H2,1-8H3,(H2,33,37)(H,34,38)(H,35,40). The van der Waals surface area contributed by atoms with Gasteiger partial charge in [-0.25, -0.2) is 4.79 Å². The molecule has 0 bridgehead atoms. The van der Waals surface area contributed by atoms with Gasteiger partial charge in [-0.05, 0) is 66.4 Å². The lowest BCUT2D eigenvalue weighted by Gasteiger charge is -2.35. The van der Waals surface area contributed by atoms with E-state index in [0.717, 1.165) is 49.7 Å². The smallest absolute Gasteiger partial charge is 0.408 e. The van der Waals surface area contributed by atoms with Crippen LogP contribution in [0.4, 0.5) is 4.79 Å². The van der Waals surface area contributed by atoms with Crippen LogP contribution in [0.15, 0.2) is 18.2 Å². The van der Waals surface area contributed by atoms with Crippen molar-refractivity contribution in [1.82, 2.24) is 15.5 Å². The van der Waals surface area contributed by atoms with E-state index in [4.69, 9.17) is 10.5 Å². The number of aryl methyl sites for hydroxylation is 2. The van der Waals surface area contributed by atoms with Gasteiger partial charge in [0.25, 0.3) is 0 Å². The topological polar surface area (TPSA) is 131 Å². The molecule has 1 rings (SSSR count). The van der Waals surface area contributed by atoms with Gasteiger partial charge in [0.2, 0.25) is 17.7 Å². The molecule has 0 aliphatic rings. The zero-order chi connectivity index (χ0) is 31.2. The third kappa shape index (κ3) is 13.9. The van der Waals surface area contributed by atoms with Gasteiger partial charge >= 0.3 is 6.09 Å². The molecule has 4 N–H and O–H groups in total. The lowest BCUT2D eigenvalue weighted by Crippen LogP contribution is -2.54. The van der Waals surface area contributed by atoms with E-state index in [2.05, 4.69) is 24.5 Å². The highest BCUT2D eigenvalue weighted by Crippen LogP contribution is 2.27. The molecule has 0 aliphatic carbocycles. The van der Waals surface area contributed by atoms with Gasteiger partial charge in [-0.3, -0.25) is 14.4 Å². The summed E-state index contributed by atoms with van der Waals surface area (Å²) in [6, 6.07) is 3.80. The number of hydrogen-bond donors (Lipinski definition) is 3. The van der Waals surface area contributed by atoms with E-state index < -0.39 is 35.6 Å². The molecule has 0 aliphatic heterocycles. The van der Waals surface area contributed by atoms with Gasteiger partial charge in [-0.15, -0.1) is 0 Å². The molecule has 232 valence electrons. The molecule has 0 saturated carbocycles. The first kappa shape index (κ1) is 35.9. The van der Waals surface area contributed by atoms with Crippen LogP contribution in [0.3, 0.4) is 0 Å². The predicted molar refractivity (Wildman–Crippen MR) is 163 cm³/mol. The van der Waals surface area contributed by atoms with Crippen LogP contribution < -0.4 is 16.4 Å². The molecule has 3 unspecified atom stereocenters. The Labute approximate surface area is 247 Å². The van der Waals surface area contributed by atoms with Gasteiger partial charge in [-0.2, -0.15) is 0 Å². The number of carbonyl (C=O) groups excluding carboxylic acids is 4. The molecule has 0 heterocycles. The van der Waals surface area contributed by atoms with Crippen LogP contribution in [0.1, 0.15) is 122 Å². The first-order chi connectivity index (χ1) is 19.2. The number of nitrogens with two attached hydrogens (primary N) is 1. The summed E-state index contributed by atoms with van der Waals surface area (Å²) in [5, 5.41) is 5.76. The van der Waals surface area contributed by atoms with Crippen LogP contribution in [0.2, 0.25) is 0 Å². The summed E-state index contributed by atoms with van der Waals surface area (Å²) in [5.41, 5.74) is 7.30. The number of benzene rings is 1. The Hall–Kier alpha value is -3.10. The minimum absolute atomic E-state index is 0.00678. The number of alkyl carbamates (subject to hydrolysis) is 1. The molecule has 0 aromatic heterocycles. The van der Waals surface area contributed by atoms with Crippen molar-refractivity contribution in [2.45, 2.75) is 137 Å². The average Bonchev–Trinajstić information content (AvgIpc) is 2.83. The van der Waals surface area contributed by atoms with Crippen molar-refractivity contribution in [2.75, 3.05) is 6.54 Å². The van der Waals surface area contributed by atoms with Crippen LogP contribution in [-0.4, -0.2) is 52.9 Å². The third-order valence-corrected chi connectivity index (χ3v) is 6.68. The van der Waals surface area contributed by atoms with Crippen LogP contribution in [-0.2, 0) is 19.1 Å². The molecule has 1 aromatic carbocycles. The third-order valence-electron chi connectivity index (χ3n) is 6.68. The van der Waals surface area contributed by atoms with Crippen molar-refractivity contribution in [1.29, 1.82) is 0 Å². The summed E-state index contributed by atoms with van der Waals surface area (Å²) in [6.07, 6.45) is 5.61. The first-order valence-corrected chi connectivity index (χ1v) is 15.1. The van der Waals surface area contributed by atoms with Gasteiger partial charge < -0.3 is 26.0 Å². The molecule has 0 fully saturated rings. The molecule has 9 nitrogen and oxygen atoms in total. The molecule has 4 amide bonds. The highest BCUT2D eigenvalue weighted by molar-refractivity contribution is 5.92. The molecule has 3 atom stereocenters. The zero-order valence-corrected chi connectivity index (χ0v) is 26.6. The first-order valence-electron chi connectivity index (χ1n) is 15.1. The van der Waals surface area contributed by atoms with Crippen molar-refractivity contribution in [3.63, 3.8) is 0 Å². The van der Waals surface area contributed by atoms with Crippen LogP contribution >= 0.6 is 0 Å². The molecule has 9 heteroatoms. The SMILES string of the molecule is CCCCCCCN(C(=O)C(CCC(N)=O)NC(=O)OC(C)(C)C)C(C(=O)NC(C)CCC)c1cc(C)cc(C)c1. The van der Waals surface area contributed by atoms with Crippen molar-refractivity contribution < 1.29 is 23.9 Å². The second kappa shape index (κ2) is 17.7. The number of amides is 4. The Kier molecular flexibility index (Phi) is 15.5. The normalized spacial score (nSPS) is 13.6. The monoisotopic (exact) mass is 574 g/mol. The highest BCUT2D eigenvalue weighted by atomic mass is 16.6. The van der Waals surface area contributed by atoms with E-state index >= 15 is 0 Å². The fourth-order valence-corrected chi connectivity index (χ4v) is 4.91. The zero-order valence-electron chi connectivity index (χ0n) is 26.6. The van der Waals surface area contributed by atoms with Crippen molar-refractivity contribution in [2.24, 2.45) is 5.73 Å². The Balaban J connectivity index is 3.58. The summed E-state index contributed by atoms with van der Waals surface area (Å²) in [7, 11) is 0. The second-order valence-electron chi connectivity index (χ2n) is 12.2. The molecular formula is C32H54N4O5. The molecule has 0 radical (unpaired) electrons. The Morgan fingerprint density at radius 1 is 0.902 bits per heavy atom. The highest BCUT2D eigenvalue weighted by Gasteiger charge is 2.36. The number of rotatable bonds is 17. The number of primary amides is 1. The number of unbranched alkanes of at least 4 members (excludes halogenated alkanes) is 4. The molecule has 0 spiro atoms. The van der Waals surface area contributed by atoms with Gasteiger partial charge in [0.05, 0.1) is 0 Å². The Morgan fingerprint density at radius 2 is 1.51 bits per heavy atom. The predicted octanol–water partition coefficient (Wildman–Crippen LogP) is 5.61. The maximum atomic E-state index is 14.3. The number of nitrogens with one attached hydrogen (secondary N) is 2. The van der Waals surface area contributed by atoms with Gasteiger partial charge in [0, 0.05) is 19.0 Å². The van der Waals surface area contributed by atoms with E-state index in [1.165, 1.54) is 0 Å². The summed E-state index contributed by atoms with van der Waals surface area (Å²) in [4.78, 5) is 54.3. The van der Waals surface area contributed by atoms with Gasteiger partial charge in [0.15, 0.2) is 0 Å². The fraction of sp³-hybridized carbons (Fsp3) is 0.688. The van der Waals surface area contributed by atoms with Crippen molar-refractivity contribution in [3.05, 3.63) is 34.9 Å². The fourth-order valence-electron chi connectivity index (χ4n) is 4.91. The Bertz CT molecular complexity index is 984. The lowest BCUT2D eigenvalue weighted by atomic mass is 9.97. The Morgan fingerprint density at radius 3 is 2.05 bits per heavy atom. The maximum Gasteiger partial charge on any atom is 0.408 e. The number of ether oxygens (including phenoxy) is 1. The van der Waals surface area contributed by atoms with Crippen LogP contribution in [0, 0.1) is 13.8 Å². The minimum atomic E-state index is -1.10. The summed E-state index contributed by atoms with van der Waals surface area (Å²) >= 11 is 0.